The van der Waals surface area contributed by atoms with Crippen molar-refractivity contribution in [3.05, 3.63) is 31.9 Å². The predicted molar refractivity (Wildman–Crippen MR) is 80.8 cm³/mol. The molecule has 0 unspecified atom stereocenters. The van der Waals surface area contributed by atoms with Gasteiger partial charge in [-0.15, -0.1) is 22.7 Å². The number of hydrogen-bond donors (Lipinski definition) is 1. The van der Waals surface area contributed by atoms with Gasteiger partial charge in [-0.1, -0.05) is 20.8 Å². The Balaban J connectivity index is 2.10. The minimum Gasteiger partial charge on any atom is -0.298 e. The van der Waals surface area contributed by atoms with Crippen LogP contribution in [0.2, 0.25) is 0 Å². The number of thiazole rings is 1. The number of carbonyl (C=O) groups is 1. The first-order valence-electron chi connectivity index (χ1n) is 5.37. The minimum absolute atomic E-state index is 0.00485. The normalized spacial score (nSPS) is 11.6. The SMILES string of the molecule is CC(C)(C)c1csc(NC(=O)c2csc(Br)c2)n1. The molecular formula is C12H13BrN2OS2. The van der Waals surface area contributed by atoms with Crippen LogP contribution in [0.25, 0.3) is 0 Å². The lowest BCUT2D eigenvalue weighted by Gasteiger charge is -2.14. The summed E-state index contributed by atoms with van der Waals surface area (Å²) in [6.07, 6.45) is 0. The highest BCUT2D eigenvalue weighted by atomic mass is 79.9. The summed E-state index contributed by atoms with van der Waals surface area (Å²) < 4.78 is 0.946. The fourth-order valence-corrected chi connectivity index (χ4v) is 3.34. The van der Waals surface area contributed by atoms with Gasteiger partial charge in [-0.2, -0.15) is 0 Å². The van der Waals surface area contributed by atoms with Gasteiger partial charge >= 0.3 is 0 Å². The maximum Gasteiger partial charge on any atom is 0.258 e. The smallest absolute Gasteiger partial charge is 0.258 e. The van der Waals surface area contributed by atoms with Crippen molar-refractivity contribution in [3.63, 3.8) is 0 Å². The van der Waals surface area contributed by atoms with E-state index in [0.29, 0.717) is 10.7 Å². The van der Waals surface area contributed by atoms with E-state index in [4.69, 9.17) is 0 Å². The zero-order valence-corrected chi connectivity index (χ0v) is 13.5. The monoisotopic (exact) mass is 344 g/mol. The number of nitrogens with one attached hydrogen (secondary N) is 1. The molecule has 2 aromatic rings. The van der Waals surface area contributed by atoms with Crippen molar-refractivity contribution in [1.82, 2.24) is 4.98 Å². The molecule has 3 nitrogen and oxygen atoms in total. The molecule has 0 fully saturated rings. The van der Waals surface area contributed by atoms with Gasteiger partial charge in [0.05, 0.1) is 15.0 Å². The Labute approximate surface area is 122 Å². The Hall–Kier alpha value is -0.720. The van der Waals surface area contributed by atoms with Crippen LogP contribution in [0, 0.1) is 0 Å². The lowest BCUT2D eigenvalue weighted by molar-refractivity contribution is 0.102. The standard InChI is InChI=1S/C12H13BrN2OS2/c1-12(2,3)8-6-18-11(14-8)15-10(16)7-4-9(13)17-5-7/h4-6H,1-3H3,(H,14,15,16). The van der Waals surface area contributed by atoms with Crippen molar-refractivity contribution < 1.29 is 4.79 Å². The summed E-state index contributed by atoms with van der Waals surface area (Å²) in [5, 5.41) is 7.27. The summed E-state index contributed by atoms with van der Waals surface area (Å²) in [5.41, 5.74) is 1.65. The highest BCUT2D eigenvalue weighted by Crippen LogP contribution is 2.27. The average Bonchev–Trinajstić information content (AvgIpc) is 2.85. The van der Waals surface area contributed by atoms with Gasteiger partial charge in [-0.05, 0) is 22.0 Å². The van der Waals surface area contributed by atoms with Crippen LogP contribution in [-0.2, 0) is 5.41 Å². The van der Waals surface area contributed by atoms with Gasteiger partial charge in [0.1, 0.15) is 0 Å². The second-order valence-corrected chi connectivity index (χ2v) is 8.03. The van der Waals surface area contributed by atoms with Crippen molar-refractivity contribution in [2.75, 3.05) is 5.32 Å². The maximum absolute atomic E-state index is 11.9. The van der Waals surface area contributed by atoms with Crippen molar-refractivity contribution in [2.24, 2.45) is 0 Å². The van der Waals surface area contributed by atoms with Crippen LogP contribution < -0.4 is 5.32 Å². The zero-order chi connectivity index (χ0) is 13.3. The third kappa shape index (κ3) is 3.18. The molecule has 2 aromatic heterocycles. The third-order valence-electron chi connectivity index (χ3n) is 2.32. The molecule has 0 aliphatic rings. The van der Waals surface area contributed by atoms with Gasteiger partial charge in [0.25, 0.3) is 5.91 Å². The summed E-state index contributed by atoms with van der Waals surface area (Å²) in [5.74, 6) is -0.119. The van der Waals surface area contributed by atoms with Crippen LogP contribution in [0.3, 0.4) is 0 Å². The molecule has 18 heavy (non-hydrogen) atoms. The fraction of sp³-hybridized carbons (Fsp3) is 0.333. The van der Waals surface area contributed by atoms with Gasteiger partial charge < -0.3 is 0 Å². The van der Waals surface area contributed by atoms with Crippen LogP contribution >= 0.6 is 38.6 Å². The molecular weight excluding hydrogens is 332 g/mol. The number of amides is 1. The maximum atomic E-state index is 11.9. The van der Waals surface area contributed by atoms with E-state index in [9.17, 15) is 4.79 Å². The number of anilines is 1. The molecule has 0 aromatic carbocycles. The summed E-state index contributed by atoms with van der Waals surface area (Å²) >= 11 is 6.29. The Bertz CT molecular complexity index is 569. The predicted octanol–water partition coefficient (Wildman–Crippen LogP) is 4.52. The average molecular weight is 345 g/mol. The van der Waals surface area contributed by atoms with Gasteiger partial charge in [0.15, 0.2) is 5.13 Å². The number of hydrogen-bond acceptors (Lipinski definition) is 4. The van der Waals surface area contributed by atoms with Crippen molar-refractivity contribution >= 4 is 49.6 Å². The Morgan fingerprint density at radius 1 is 1.33 bits per heavy atom. The van der Waals surface area contributed by atoms with Crippen LogP contribution in [0.4, 0.5) is 5.13 Å². The first-order chi connectivity index (χ1) is 8.36. The second-order valence-electron chi connectivity index (χ2n) is 4.88. The van der Waals surface area contributed by atoms with Crippen LogP contribution in [-0.4, -0.2) is 10.9 Å². The molecule has 2 rings (SSSR count). The van der Waals surface area contributed by atoms with Crippen LogP contribution in [0.1, 0.15) is 36.8 Å². The van der Waals surface area contributed by atoms with E-state index >= 15 is 0 Å². The summed E-state index contributed by atoms with van der Waals surface area (Å²) in [4.78, 5) is 16.4. The molecule has 6 heteroatoms. The topological polar surface area (TPSA) is 42.0 Å². The van der Waals surface area contributed by atoms with Crippen LogP contribution in [0.5, 0.6) is 0 Å². The van der Waals surface area contributed by atoms with Gasteiger partial charge in [0, 0.05) is 16.2 Å². The third-order valence-corrected chi connectivity index (χ3v) is 4.58. The molecule has 0 saturated heterocycles. The molecule has 0 aliphatic carbocycles. The van der Waals surface area contributed by atoms with E-state index in [1.165, 1.54) is 22.7 Å². The van der Waals surface area contributed by atoms with E-state index in [1.54, 1.807) is 6.07 Å². The quantitative estimate of drug-likeness (QED) is 0.870. The molecule has 2 heterocycles. The van der Waals surface area contributed by atoms with E-state index in [0.717, 1.165) is 9.48 Å². The number of carbonyl (C=O) groups excluding carboxylic acids is 1. The highest BCUT2D eigenvalue weighted by Gasteiger charge is 2.18. The molecule has 0 atom stereocenters. The molecule has 1 amide bonds. The van der Waals surface area contributed by atoms with E-state index in [-0.39, 0.29) is 11.3 Å². The molecule has 0 saturated carbocycles. The number of aromatic nitrogens is 1. The molecule has 0 aliphatic heterocycles. The Morgan fingerprint density at radius 3 is 2.56 bits per heavy atom. The molecule has 0 radical (unpaired) electrons. The van der Waals surface area contributed by atoms with Gasteiger partial charge in [-0.3, -0.25) is 10.1 Å². The molecule has 0 bridgehead atoms. The fourth-order valence-electron chi connectivity index (χ4n) is 1.27. The van der Waals surface area contributed by atoms with Crippen LogP contribution in [0.15, 0.2) is 20.6 Å². The molecule has 96 valence electrons. The van der Waals surface area contributed by atoms with Gasteiger partial charge in [-0.25, -0.2) is 4.98 Å². The Kier molecular flexibility index (Phi) is 3.89. The zero-order valence-electron chi connectivity index (χ0n) is 10.3. The highest BCUT2D eigenvalue weighted by molar-refractivity contribution is 9.11. The van der Waals surface area contributed by atoms with Crippen molar-refractivity contribution in [3.8, 4) is 0 Å². The van der Waals surface area contributed by atoms with Crippen molar-refractivity contribution in [2.45, 2.75) is 26.2 Å². The molecule has 1 N–H and O–H groups in total. The van der Waals surface area contributed by atoms with E-state index in [2.05, 4.69) is 47.0 Å². The summed E-state index contributed by atoms with van der Waals surface area (Å²) in [7, 11) is 0. The summed E-state index contributed by atoms with van der Waals surface area (Å²) in [6, 6.07) is 1.80. The number of halogens is 1. The van der Waals surface area contributed by atoms with E-state index in [1.807, 2.05) is 10.8 Å². The van der Waals surface area contributed by atoms with Gasteiger partial charge in [0.2, 0.25) is 0 Å². The lowest BCUT2D eigenvalue weighted by atomic mass is 9.93. The minimum atomic E-state index is -0.119. The first-order valence-corrected chi connectivity index (χ1v) is 7.93. The van der Waals surface area contributed by atoms with Crippen molar-refractivity contribution in [1.29, 1.82) is 0 Å². The number of thiophene rings is 1. The first kappa shape index (κ1) is 13.7. The molecule has 0 spiro atoms. The number of nitrogens with zero attached hydrogens (tertiary/aromatic N) is 1. The second kappa shape index (κ2) is 5.11. The summed E-state index contributed by atoms with van der Waals surface area (Å²) in [6.45, 7) is 6.30. The lowest BCUT2D eigenvalue weighted by Crippen LogP contribution is -2.13. The largest absolute Gasteiger partial charge is 0.298 e. The van der Waals surface area contributed by atoms with E-state index < -0.39 is 0 Å². The number of rotatable bonds is 2. The Morgan fingerprint density at radius 2 is 2.06 bits per heavy atom.